The number of rotatable bonds is 9. The maximum absolute atomic E-state index is 14.1. The van der Waals surface area contributed by atoms with Gasteiger partial charge in [-0.3, -0.25) is 19.7 Å². The van der Waals surface area contributed by atoms with Crippen molar-refractivity contribution in [3.63, 3.8) is 0 Å². The molecule has 0 radical (unpaired) electrons. The average molecular weight is 561 g/mol. The van der Waals surface area contributed by atoms with E-state index < -0.39 is 17.8 Å². The van der Waals surface area contributed by atoms with Crippen LogP contribution >= 0.6 is 0 Å². The first kappa shape index (κ1) is 26.3. The molecule has 0 saturated heterocycles. The number of alkyl carbamates (subject to hydrolysis) is 1. The van der Waals surface area contributed by atoms with Crippen molar-refractivity contribution in [3.8, 4) is 0 Å². The average Bonchev–Trinajstić information content (AvgIpc) is 3.69. The molecule has 0 spiro atoms. The normalized spacial score (nSPS) is 18.5. The highest BCUT2D eigenvalue weighted by Crippen LogP contribution is 2.30. The molecule has 2 fully saturated rings. The second-order valence-corrected chi connectivity index (χ2v) is 10.2. The predicted octanol–water partition coefficient (Wildman–Crippen LogP) is 3.53. The number of anilines is 3. The van der Waals surface area contributed by atoms with E-state index in [-0.39, 0.29) is 30.1 Å². The fourth-order valence-corrected chi connectivity index (χ4v) is 4.75. The van der Waals surface area contributed by atoms with Crippen molar-refractivity contribution in [2.24, 2.45) is 0 Å². The molecule has 0 aromatic carbocycles. The van der Waals surface area contributed by atoms with Gasteiger partial charge in [-0.1, -0.05) is 0 Å². The van der Waals surface area contributed by atoms with Crippen LogP contribution in [0.5, 0.6) is 0 Å². The van der Waals surface area contributed by atoms with E-state index >= 15 is 0 Å². The number of hydrogen-bond donors (Lipinski definition) is 4. The van der Waals surface area contributed by atoms with Crippen LogP contribution in [-0.4, -0.2) is 59.7 Å². The van der Waals surface area contributed by atoms with Gasteiger partial charge in [-0.25, -0.2) is 18.7 Å². The Morgan fingerprint density at radius 3 is 2.41 bits per heavy atom. The highest BCUT2D eigenvalue weighted by Gasteiger charge is 2.26. The largest absolute Gasteiger partial charge is 0.443 e. The van der Waals surface area contributed by atoms with Crippen molar-refractivity contribution in [1.29, 1.82) is 0 Å². The van der Waals surface area contributed by atoms with Crippen LogP contribution in [0, 0.1) is 5.82 Å². The lowest BCUT2D eigenvalue weighted by atomic mass is 9.91. The first-order valence-electron chi connectivity index (χ1n) is 13.5. The van der Waals surface area contributed by atoms with Crippen LogP contribution in [0.2, 0.25) is 0 Å². The Hall–Kier alpha value is -4.88. The van der Waals surface area contributed by atoms with Gasteiger partial charge in [-0.2, -0.15) is 0 Å². The molecule has 0 atom stereocenters. The molecular weight excluding hydrogens is 531 g/mol. The summed E-state index contributed by atoms with van der Waals surface area (Å²) >= 11 is 0. The highest BCUT2D eigenvalue weighted by atomic mass is 19.1. The van der Waals surface area contributed by atoms with Crippen molar-refractivity contribution in [1.82, 2.24) is 34.9 Å². The van der Waals surface area contributed by atoms with Crippen LogP contribution in [0.1, 0.15) is 54.7 Å². The second-order valence-electron chi connectivity index (χ2n) is 10.2. The summed E-state index contributed by atoms with van der Waals surface area (Å²) in [7, 11) is 0. The zero-order valence-corrected chi connectivity index (χ0v) is 22.1. The van der Waals surface area contributed by atoms with Gasteiger partial charge in [-0.05, 0) is 44.6 Å². The number of pyridine rings is 1. The van der Waals surface area contributed by atoms with Gasteiger partial charge in [0.05, 0.1) is 35.7 Å². The number of aromatic nitrogens is 6. The molecule has 2 saturated carbocycles. The van der Waals surface area contributed by atoms with Crippen molar-refractivity contribution in [3.05, 3.63) is 66.5 Å². The van der Waals surface area contributed by atoms with Crippen LogP contribution in [0.3, 0.4) is 0 Å². The fraction of sp³-hybridized carbons (Fsp3) is 0.370. The molecule has 13 nitrogen and oxygen atoms in total. The number of nitrogens with zero attached hydrogens (tertiary/aromatic N) is 6. The minimum Gasteiger partial charge on any atom is -0.443 e. The van der Waals surface area contributed by atoms with Gasteiger partial charge in [0.2, 0.25) is 0 Å². The fourth-order valence-electron chi connectivity index (χ4n) is 4.75. The minimum absolute atomic E-state index is 0.00229. The number of nitrogens with one attached hydrogen (secondary N) is 4. The third kappa shape index (κ3) is 6.48. The Labute approximate surface area is 234 Å². The van der Waals surface area contributed by atoms with Crippen LogP contribution in [0.25, 0.3) is 5.65 Å². The molecule has 2 aliphatic carbocycles. The lowest BCUT2D eigenvalue weighted by molar-refractivity contribution is 0.101. The number of imidazole rings is 1. The topological polar surface area (TPSA) is 160 Å². The summed E-state index contributed by atoms with van der Waals surface area (Å²) in [6.07, 6.45) is 13.3. The smallest absolute Gasteiger partial charge is 0.407 e. The third-order valence-electron chi connectivity index (χ3n) is 7.03. The molecule has 4 aromatic rings. The Balaban J connectivity index is 1.10. The molecule has 0 aliphatic heterocycles. The molecule has 212 valence electrons. The maximum Gasteiger partial charge on any atom is 0.407 e. The lowest BCUT2D eigenvalue weighted by Gasteiger charge is -2.29. The van der Waals surface area contributed by atoms with Crippen molar-refractivity contribution in [2.75, 3.05) is 16.0 Å². The van der Waals surface area contributed by atoms with E-state index in [1.807, 2.05) is 6.07 Å². The molecule has 2 aliphatic rings. The van der Waals surface area contributed by atoms with Gasteiger partial charge < -0.3 is 26.0 Å². The molecule has 4 heterocycles. The summed E-state index contributed by atoms with van der Waals surface area (Å²) in [6.45, 7) is 0.0632. The van der Waals surface area contributed by atoms with E-state index in [1.165, 1.54) is 23.0 Å². The van der Waals surface area contributed by atoms with Crippen LogP contribution in [-0.2, 0) is 11.3 Å². The molecule has 14 heteroatoms. The van der Waals surface area contributed by atoms with Gasteiger partial charge in [0.1, 0.15) is 12.4 Å². The zero-order chi connectivity index (χ0) is 28.2. The minimum atomic E-state index is -0.634. The first-order chi connectivity index (χ1) is 20.0. The van der Waals surface area contributed by atoms with Crippen LogP contribution < -0.4 is 21.3 Å². The molecule has 4 aromatic heterocycles. The molecule has 2 amide bonds. The van der Waals surface area contributed by atoms with Crippen LogP contribution in [0.4, 0.5) is 26.4 Å². The second kappa shape index (κ2) is 11.7. The van der Waals surface area contributed by atoms with Gasteiger partial charge in [0, 0.05) is 42.8 Å². The molecule has 4 N–H and O–H groups in total. The number of ether oxygens (including phenoxy) is 1. The summed E-state index contributed by atoms with van der Waals surface area (Å²) in [5.41, 5.74) is 2.05. The van der Waals surface area contributed by atoms with Gasteiger partial charge in [-0.15, -0.1) is 5.10 Å². The SMILES string of the molecule is O=C(N[C@H]1CC[C@H](Nc2cc(NC3CC3)c3ncc(C(=O)Nc4ccncc4F)n3n2)CC1)OCc1cnccn1. The Morgan fingerprint density at radius 1 is 0.902 bits per heavy atom. The predicted molar refractivity (Wildman–Crippen MR) is 147 cm³/mol. The zero-order valence-electron chi connectivity index (χ0n) is 22.1. The quantitative estimate of drug-likeness (QED) is 0.238. The van der Waals surface area contributed by atoms with Crippen LogP contribution in [0.15, 0.2) is 49.3 Å². The Bertz CT molecular complexity index is 1540. The summed E-state index contributed by atoms with van der Waals surface area (Å²) in [6, 6.07) is 3.76. The summed E-state index contributed by atoms with van der Waals surface area (Å²) < 4.78 is 20.8. The number of hydrogen-bond acceptors (Lipinski definition) is 10. The summed E-state index contributed by atoms with van der Waals surface area (Å²) in [5.74, 6) is -0.588. The maximum atomic E-state index is 14.1. The summed E-state index contributed by atoms with van der Waals surface area (Å²) in [5, 5.41) is 17.1. The third-order valence-corrected chi connectivity index (χ3v) is 7.03. The molecule has 41 heavy (non-hydrogen) atoms. The Morgan fingerprint density at radius 2 is 1.66 bits per heavy atom. The number of amides is 2. The summed E-state index contributed by atoms with van der Waals surface area (Å²) in [4.78, 5) is 41.5. The number of carbonyl (C=O) groups is 2. The molecule has 0 unspecified atom stereocenters. The number of halogens is 1. The molecular formula is C27H29FN10O3. The number of fused-ring (bicyclic) bond motifs is 1. The highest BCUT2D eigenvalue weighted by molar-refractivity contribution is 6.03. The standard InChI is InChI=1S/C27H29FN10O3/c28-20-13-29-8-7-21(20)36-26(39)23-14-32-25-22(33-16-1-2-16)11-24(37-38(23)25)34-17-3-5-18(6-4-17)35-27(40)41-15-19-12-30-9-10-31-19/h7-14,16-18,33H,1-6,15H2,(H,34,37)(H,35,40)(H,29,36,39)/t17-,18-. The first-order valence-corrected chi connectivity index (χ1v) is 13.5. The monoisotopic (exact) mass is 560 g/mol. The lowest BCUT2D eigenvalue weighted by Crippen LogP contribution is -2.40. The van der Waals surface area contributed by atoms with Crippen molar-refractivity contribution < 1.29 is 18.7 Å². The van der Waals surface area contributed by atoms with Gasteiger partial charge in [0.15, 0.2) is 17.2 Å². The van der Waals surface area contributed by atoms with Crippen molar-refractivity contribution in [2.45, 2.75) is 63.3 Å². The van der Waals surface area contributed by atoms with Crippen molar-refractivity contribution >= 4 is 34.8 Å². The van der Waals surface area contributed by atoms with E-state index in [4.69, 9.17) is 4.74 Å². The molecule has 6 rings (SSSR count). The van der Waals surface area contributed by atoms with E-state index in [2.05, 4.69) is 46.3 Å². The molecule has 0 bridgehead atoms. The van der Waals surface area contributed by atoms with Gasteiger partial charge in [0.25, 0.3) is 5.91 Å². The Kier molecular flexibility index (Phi) is 7.52. The van der Waals surface area contributed by atoms with Gasteiger partial charge >= 0.3 is 6.09 Å². The van der Waals surface area contributed by atoms with E-state index in [1.54, 1.807) is 18.6 Å². The van der Waals surface area contributed by atoms with E-state index in [0.717, 1.165) is 50.4 Å². The number of carbonyl (C=O) groups excluding carboxylic acids is 2. The van der Waals surface area contributed by atoms with E-state index in [9.17, 15) is 14.0 Å². The van der Waals surface area contributed by atoms with E-state index in [0.29, 0.717) is 23.2 Å².